The molecule has 0 bridgehead atoms. The van der Waals surface area contributed by atoms with Crippen LogP contribution in [0.2, 0.25) is 0 Å². The molecule has 0 saturated heterocycles. The summed E-state index contributed by atoms with van der Waals surface area (Å²) < 4.78 is 5.02. The van der Waals surface area contributed by atoms with Crippen molar-refractivity contribution in [1.82, 2.24) is 9.97 Å². The smallest absolute Gasteiger partial charge is 0.280 e. The molecule has 0 atom stereocenters. The molecular weight excluding hydrogens is 296 g/mol. The largest absolute Gasteiger partial charge is 0.481 e. The monoisotopic (exact) mass is 310 g/mol. The van der Waals surface area contributed by atoms with Crippen LogP contribution < -0.4 is 10.1 Å². The Morgan fingerprint density at radius 1 is 1.13 bits per heavy atom. The zero-order chi connectivity index (χ0) is 16.4. The predicted molar refractivity (Wildman–Crippen MR) is 87.2 cm³/mol. The molecule has 0 aliphatic heterocycles. The number of methoxy groups -OCH3 is 1. The van der Waals surface area contributed by atoms with E-state index in [1.165, 1.54) is 0 Å². The highest BCUT2D eigenvalue weighted by atomic mass is 16.6. The number of hydrogen-bond donors (Lipinski definition) is 1. The third-order valence-corrected chi connectivity index (χ3v) is 3.51. The topological polar surface area (TPSA) is 90.2 Å². The third-order valence-electron chi connectivity index (χ3n) is 3.51. The van der Waals surface area contributed by atoms with Gasteiger partial charge in [0, 0.05) is 23.2 Å². The minimum atomic E-state index is -0.365. The molecule has 7 heteroatoms. The van der Waals surface area contributed by atoms with Gasteiger partial charge in [0.05, 0.1) is 29.3 Å². The van der Waals surface area contributed by atoms with E-state index in [-0.39, 0.29) is 10.6 Å². The molecule has 0 unspecified atom stereocenters. The number of nitro groups is 1. The molecule has 116 valence electrons. The van der Waals surface area contributed by atoms with Crippen molar-refractivity contribution < 1.29 is 9.66 Å². The van der Waals surface area contributed by atoms with Crippen molar-refractivity contribution in [2.24, 2.45) is 0 Å². The second-order valence-corrected chi connectivity index (χ2v) is 4.96. The van der Waals surface area contributed by atoms with Gasteiger partial charge in [0.1, 0.15) is 5.82 Å². The average Bonchev–Trinajstić information content (AvgIpc) is 2.55. The zero-order valence-corrected chi connectivity index (χ0v) is 12.6. The minimum Gasteiger partial charge on any atom is -0.481 e. The van der Waals surface area contributed by atoms with Crippen LogP contribution in [0.5, 0.6) is 5.88 Å². The minimum absolute atomic E-state index is 0.0980. The van der Waals surface area contributed by atoms with Gasteiger partial charge >= 0.3 is 0 Å². The summed E-state index contributed by atoms with van der Waals surface area (Å²) in [4.78, 5) is 19.3. The van der Waals surface area contributed by atoms with Gasteiger partial charge in [-0.3, -0.25) is 10.1 Å². The van der Waals surface area contributed by atoms with Gasteiger partial charge in [-0.25, -0.2) is 9.97 Å². The van der Waals surface area contributed by atoms with Gasteiger partial charge in [-0.1, -0.05) is 6.07 Å². The van der Waals surface area contributed by atoms with Crippen LogP contribution in [0.15, 0.2) is 42.7 Å². The van der Waals surface area contributed by atoms with Crippen LogP contribution in [0.25, 0.3) is 10.8 Å². The van der Waals surface area contributed by atoms with Crippen LogP contribution >= 0.6 is 0 Å². The normalized spacial score (nSPS) is 10.5. The van der Waals surface area contributed by atoms with E-state index < -0.39 is 0 Å². The molecule has 3 aromatic rings. The first-order chi connectivity index (χ1) is 11.1. The van der Waals surface area contributed by atoms with Crippen molar-refractivity contribution in [2.75, 3.05) is 12.4 Å². The van der Waals surface area contributed by atoms with Crippen LogP contribution in [0, 0.1) is 17.0 Å². The molecular formula is C16H14N4O3. The Balaban J connectivity index is 2.07. The average molecular weight is 310 g/mol. The van der Waals surface area contributed by atoms with Crippen LogP contribution in [0.4, 0.5) is 17.2 Å². The fourth-order valence-corrected chi connectivity index (χ4v) is 2.40. The van der Waals surface area contributed by atoms with Gasteiger partial charge in [-0.2, -0.15) is 0 Å². The molecule has 0 saturated carbocycles. The standard InChI is InChI=1S/C16H14N4O3/c1-10-3-5-13-12(15(10)20(21)22)7-8-17-16(13)19-11-4-6-14(23-2)18-9-11/h3-9H,1-2H3,(H,17,19). The molecule has 23 heavy (non-hydrogen) atoms. The molecule has 0 aliphatic rings. The zero-order valence-electron chi connectivity index (χ0n) is 12.6. The number of pyridine rings is 2. The van der Waals surface area contributed by atoms with Crippen molar-refractivity contribution in [3.05, 3.63) is 58.4 Å². The fourth-order valence-electron chi connectivity index (χ4n) is 2.40. The molecule has 2 aromatic heterocycles. The molecule has 0 aliphatic carbocycles. The molecule has 0 fully saturated rings. The summed E-state index contributed by atoms with van der Waals surface area (Å²) in [5.41, 5.74) is 1.43. The van der Waals surface area contributed by atoms with Gasteiger partial charge in [0.15, 0.2) is 0 Å². The molecule has 1 N–H and O–H groups in total. The van der Waals surface area contributed by atoms with Crippen LogP contribution in [-0.4, -0.2) is 22.0 Å². The first-order valence-corrected chi connectivity index (χ1v) is 6.90. The number of anilines is 2. The number of aromatic nitrogens is 2. The molecule has 1 aromatic carbocycles. The molecule has 0 amide bonds. The number of nitrogens with one attached hydrogen (secondary N) is 1. The SMILES string of the molecule is COc1ccc(Nc2nccc3c([N+](=O)[O-])c(C)ccc23)cn1. The van der Waals surface area contributed by atoms with Crippen molar-refractivity contribution in [1.29, 1.82) is 0 Å². The van der Waals surface area contributed by atoms with Crippen molar-refractivity contribution >= 4 is 28.0 Å². The van der Waals surface area contributed by atoms with E-state index in [1.54, 1.807) is 50.7 Å². The second-order valence-electron chi connectivity index (χ2n) is 4.96. The van der Waals surface area contributed by atoms with Crippen molar-refractivity contribution in [2.45, 2.75) is 6.92 Å². The quantitative estimate of drug-likeness (QED) is 0.585. The third kappa shape index (κ3) is 2.76. The first-order valence-electron chi connectivity index (χ1n) is 6.90. The van der Waals surface area contributed by atoms with Gasteiger partial charge < -0.3 is 10.1 Å². The number of nitrogens with zero attached hydrogens (tertiary/aromatic N) is 3. The van der Waals surface area contributed by atoms with Gasteiger partial charge in [-0.05, 0) is 25.1 Å². The maximum absolute atomic E-state index is 11.3. The molecule has 7 nitrogen and oxygen atoms in total. The maximum Gasteiger partial charge on any atom is 0.280 e. The summed E-state index contributed by atoms with van der Waals surface area (Å²) in [7, 11) is 1.54. The first kappa shape index (κ1) is 14.7. The maximum atomic E-state index is 11.3. The van der Waals surface area contributed by atoms with Crippen molar-refractivity contribution in [3.63, 3.8) is 0 Å². The summed E-state index contributed by atoms with van der Waals surface area (Å²) in [6.07, 6.45) is 3.16. The predicted octanol–water partition coefficient (Wildman–Crippen LogP) is 3.60. The number of fused-ring (bicyclic) bond motifs is 1. The lowest BCUT2D eigenvalue weighted by atomic mass is 10.1. The number of ether oxygens (including phenoxy) is 1. The van der Waals surface area contributed by atoms with E-state index in [0.717, 1.165) is 0 Å². The van der Waals surface area contributed by atoms with E-state index in [1.807, 2.05) is 6.07 Å². The summed E-state index contributed by atoms with van der Waals surface area (Å²) >= 11 is 0. The van der Waals surface area contributed by atoms with E-state index in [4.69, 9.17) is 4.74 Å². The van der Waals surface area contributed by atoms with Crippen LogP contribution in [0.3, 0.4) is 0 Å². The van der Waals surface area contributed by atoms with Crippen LogP contribution in [0.1, 0.15) is 5.56 Å². The number of rotatable bonds is 4. The van der Waals surface area contributed by atoms with Crippen molar-refractivity contribution in [3.8, 4) is 5.88 Å². The van der Waals surface area contributed by atoms with E-state index in [0.29, 0.717) is 33.7 Å². The Morgan fingerprint density at radius 2 is 1.96 bits per heavy atom. The van der Waals surface area contributed by atoms with E-state index in [9.17, 15) is 10.1 Å². The van der Waals surface area contributed by atoms with Gasteiger partial charge in [-0.15, -0.1) is 0 Å². The number of nitro benzene ring substituents is 1. The molecule has 0 radical (unpaired) electrons. The Kier molecular flexibility index (Phi) is 3.76. The summed E-state index contributed by atoms with van der Waals surface area (Å²) in [5, 5.41) is 15.7. The Hall–Kier alpha value is -3.22. The highest BCUT2D eigenvalue weighted by Gasteiger charge is 2.17. The molecule has 3 rings (SSSR count). The summed E-state index contributed by atoms with van der Waals surface area (Å²) in [6.45, 7) is 1.72. The number of hydrogen-bond acceptors (Lipinski definition) is 6. The Morgan fingerprint density at radius 3 is 2.61 bits per heavy atom. The highest BCUT2D eigenvalue weighted by Crippen LogP contribution is 2.33. The Bertz CT molecular complexity index is 878. The number of aryl methyl sites for hydroxylation is 1. The van der Waals surface area contributed by atoms with Gasteiger partial charge in [0.25, 0.3) is 5.69 Å². The van der Waals surface area contributed by atoms with E-state index in [2.05, 4.69) is 15.3 Å². The molecule has 0 spiro atoms. The van der Waals surface area contributed by atoms with E-state index >= 15 is 0 Å². The fraction of sp³-hybridized carbons (Fsp3) is 0.125. The summed E-state index contributed by atoms with van der Waals surface area (Å²) in [6, 6.07) is 8.72. The lowest BCUT2D eigenvalue weighted by Crippen LogP contribution is -1.98. The van der Waals surface area contributed by atoms with Crippen LogP contribution in [-0.2, 0) is 0 Å². The molecule has 2 heterocycles. The summed E-state index contributed by atoms with van der Waals surface area (Å²) in [5.74, 6) is 1.05. The lowest BCUT2D eigenvalue weighted by molar-refractivity contribution is -0.383. The number of benzene rings is 1. The highest BCUT2D eigenvalue weighted by molar-refractivity contribution is 5.99. The lowest BCUT2D eigenvalue weighted by Gasteiger charge is -2.10. The van der Waals surface area contributed by atoms with Gasteiger partial charge in [0.2, 0.25) is 5.88 Å². The second kappa shape index (κ2) is 5.88. The Labute approximate surface area is 132 Å².